The zero-order valence-electron chi connectivity index (χ0n) is 10.5. The first kappa shape index (κ1) is 16.3. The fraction of sp³-hybridized carbons (Fsp3) is 0.333. The van der Waals surface area contributed by atoms with Crippen LogP contribution in [0.3, 0.4) is 0 Å². The van der Waals surface area contributed by atoms with Crippen LogP contribution < -0.4 is 10.5 Å². The summed E-state index contributed by atoms with van der Waals surface area (Å²) in [7, 11) is -3.74. The van der Waals surface area contributed by atoms with Crippen molar-refractivity contribution in [2.24, 2.45) is 5.73 Å². The molecule has 3 N–H and O–H groups in total. The predicted octanol–water partition coefficient (Wildman–Crippen LogP) is 1.99. The summed E-state index contributed by atoms with van der Waals surface area (Å²) in [6.07, 6.45) is 0. The molecular weight excluding hydrogens is 307 g/mol. The molecule has 0 spiro atoms. The van der Waals surface area contributed by atoms with Crippen molar-refractivity contribution in [3.63, 3.8) is 0 Å². The Balaban J connectivity index is 3.32. The third-order valence-electron chi connectivity index (χ3n) is 1.99. The Morgan fingerprint density at radius 2 is 1.84 bits per heavy atom. The Kier molecular flexibility index (Phi) is 5.65. The lowest BCUT2D eigenvalue weighted by Gasteiger charge is -2.12. The summed E-state index contributed by atoms with van der Waals surface area (Å²) in [5.74, 6) is 5.39. The van der Waals surface area contributed by atoms with Gasteiger partial charge in [-0.3, -0.25) is 0 Å². The highest BCUT2D eigenvalue weighted by Crippen LogP contribution is 2.30. The second-order valence-electron chi connectivity index (χ2n) is 4.05. The number of nitrogens with two attached hydrogens (primary N) is 1. The first-order valence-electron chi connectivity index (χ1n) is 5.48. The quantitative estimate of drug-likeness (QED) is 0.836. The molecule has 0 unspecified atom stereocenters. The van der Waals surface area contributed by atoms with Gasteiger partial charge in [0, 0.05) is 11.6 Å². The average molecular weight is 321 g/mol. The molecule has 0 bridgehead atoms. The van der Waals surface area contributed by atoms with Gasteiger partial charge in [0.25, 0.3) is 0 Å². The van der Waals surface area contributed by atoms with Crippen molar-refractivity contribution in [2.45, 2.75) is 24.8 Å². The Morgan fingerprint density at radius 3 is 2.26 bits per heavy atom. The first-order chi connectivity index (χ1) is 8.77. The number of nitrogens with one attached hydrogen (secondary N) is 1. The minimum Gasteiger partial charge on any atom is -0.320 e. The maximum absolute atomic E-state index is 12.1. The van der Waals surface area contributed by atoms with Gasteiger partial charge in [0.15, 0.2) is 0 Å². The lowest BCUT2D eigenvalue weighted by Crippen LogP contribution is -2.30. The van der Waals surface area contributed by atoms with Gasteiger partial charge in [-0.2, -0.15) is 0 Å². The van der Waals surface area contributed by atoms with E-state index in [1.807, 2.05) is 0 Å². The average Bonchev–Trinajstić information content (AvgIpc) is 2.22. The van der Waals surface area contributed by atoms with E-state index in [9.17, 15) is 8.42 Å². The van der Waals surface area contributed by atoms with Crippen molar-refractivity contribution in [1.82, 2.24) is 4.72 Å². The number of hydrogen-bond acceptors (Lipinski definition) is 3. The van der Waals surface area contributed by atoms with Crippen LogP contribution in [0, 0.1) is 11.8 Å². The molecule has 0 saturated heterocycles. The third kappa shape index (κ3) is 4.37. The molecule has 0 radical (unpaired) electrons. The standard InChI is InChI=1S/C12H14Cl2N2O2S/c1-8(2)16-19(17,18)12-10(13)6-9(4-3-5-15)7-11(12)14/h6-8,16H,5,15H2,1-2H3. The molecule has 0 fully saturated rings. The zero-order chi connectivity index (χ0) is 14.6. The van der Waals surface area contributed by atoms with Gasteiger partial charge in [0.1, 0.15) is 4.90 Å². The molecule has 0 amide bonds. The number of sulfonamides is 1. The van der Waals surface area contributed by atoms with Gasteiger partial charge in [-0.1, -0.05) is 35.0 Å². The summed E-state index contributed by atoms with van der Waals surface area (Å²) in [5.41, 5.74) is 5.78. The molecule has 0 aromatic heterocycles. The van der Waals surface area contributed by atoms with Crippen molar-refractivity contribution < 1.29 is 8.42 Å². The summed E-state index contributed by atoms with van der Waals surface area (Å²) in [6.45, 7) is 3.62. The molecule has 4 nitrogen and oxygen atoms in total. The van der Waals surface area contributed by atoms with Crippen molar-refractivity contribution in [3.05, 3.63) is 27.7 Å². The summed E-state index contributed by atoms with van der Waals surface area (Å²) in [5, 5.41) is 0.0592. The highest BCUT2D eigenvalue weighted by molar-refractivity contribution is 7.89. The Labute approximate surface area is 123 Å². The van der Waals surface area contributed by atoms with Gasteiger partial charge in [0.05, 0.1) is 16.6 Å². The molecule has 1 aromatic carbocycles. The fourth-order valence-electron chi connectivity index (χ4n) is 1.41. The van der Waals surface area contributed by atoms with Crippen molar-refractivity contribution in [3.8, 4) is 11.8 Å². The summed E-state index contributed by atoms with van der Waals surface area (Å²) in [4.78, 5) is -0.136. The zero-order valence-corrected chi connectivity index (χ0v) is 12.8. The maximum atomic E-state index is 12.1. The number of halogens is 2. The smallest absolute Gasteiger partial charge is 0.243 e. The largest absolute Gasteiger partial charge is 0.320 e. The van der Waals surface area contributed by atoms with Gasteiger partial charge >= 0.3 is 0 Å². The van der Waals surface area contributed by atoms with Gasteiger partial charge in [-0.05, 0) is 26.0 Å². The molecule has 0 aliphatic carbocycles. The van der Waals surface area contributed by atoms with Crippen LogP contribution in [-0.2, 0) is 10.0 Å². The molecule has 1 aromatic rings. The molecule has 0 heterocycles. The van der Waals surface area contributed by atoms with Gasteiger partial charge in [-0.25, -0.2) is 13.1 Å². The summed E-state index contributed by atoms with van der Waals surface area (Å²) >= 11 is 12.0. The van der Waals surface area contributed by atoms with Crippen molar-refractivity contribution >= 4 is 33.2 Å². The van der Waals surface area contributed by atoms with Gasteiger partial charge in [-0.15, -0.1) is 0 Å². The summed E-state index contributed by atoms with van der Waals surface area (Å²) < 4.78 is 26.6. The Bertz CT molecular complexity index is 608. The number of hydrogen-bond donors (Lipinski definition) is 2. The molecule has 19 heavy (non-hydrogen) atoms. The van der Waals surface area contributed by atoms with Crippen LogP contribution in [0.2, 0.25) is 10.0 Å². The van der Waals surface area contributed by atoms with Crippen LogP contribution in [0.5, 0.6) is 0 Å². The van der Waals surface area contributed by atoms with E-state index >= 15 is 0 Å². The maximum Gasteiger partial charge on any atom is 0.243 e. The topological polar surface area (TPSA) is 72.2 Å². The molecule has 0 aliphatic heterocycles. The van der Waals surface area contributed by atoms with E-state index in [1.54, 1.807) is 13.8 Å². The van der Waals surface area contributed by atoms with Crippen LogP contribution in [0.1, 0.15) is 19.4 Å². The lowest BCUT2D eigenvalue weighted by atomic mass is 10.2. The monoisotopic (exact) mass is 320 g/mol. The van der Waals surface area contributed by atoms with Crippen LogP contribution in [-0.4, -0.2) is 21.0 Å². The first-order valence-corrected chi connectivity index (χ1v) is 7.72. The Hall–Kier alpha value is -0.770. The van der Waals surface area contributed by atoms with Gasteiger partial charge < -0.3 is 5.73 Å². The second kappa shape index (κ2) is 6.60. The van der Waals surface area contributed by atoms with Crippen LogP contribution >= 0.6 is 23.2 Å². The van der Waals surface area contributed by atoms with Crippen molar-refractivity contribution in [2.75, 3.05) is 6.54 Å². The third-order valence-corrected chi connectivity index (χ3v) is 4.57. The molecule has 0 aliphatic rings. The normalized spacial score (nSPS) is 11.3. The molecule has 7 heteroatoms. The summed E-state index contributed by atoms with van der Waals surface area (Å²) in [6, 6.07) is 2.64. The number of rotatable bonds is 3. The van der Waals surface area contributed by atoms with E-state index < -0.39 is 10.0 Å². The van der Waals surface area contributed by atoms with Crippen molar-refractivity contribution in [1.29, 1.82) is 0 Å². The lowest BCUT2D eigenvalue weighted by molar-refractivity contribution is 0.570. The molecule has 0 saturated carbocycles. The van der Waals surface area contributed by atoms with Crippen LogP contribution in [0.15, 0.2) is 17.0 Å². The van der Waals surface area contributed by atoms with E-state index in [4.69, 9.17) is 28.9 Å². The van der Waals surface area contributed by atoms with E-state index in [-0.39, 0.29) is 27.5 Å². The second-order valence-corrected chi connectivity index (χ2v) is 6.52. The number of benzene rings is 1. The molecular formula is C12H14Cl2N2O2S. The minimum atomic E-state index is -3.74. The van der Waals surface area contributed by atoms with E-state index in [0.29, 0.717) is 5.56 Å². The van der Waals surface area contributed by atoms with E-state index in [2.05, 4.69) is 16.6 Å². The van der Waals surface area contributed by atoms with Crippen LogP contribution in [0.4, 0.5) is 0 Å². The minimum absolute atomic E-state index is 0.0296. The van der Waals surface area contributed by atoms with E-state index in [1.165, 1.54) is 12.1 Å². The van der Waals surface area contributed by atoms with Crippen LogP contribution in [0.25, 0.3) is 0 Å². The fourth-order valence-corrected chi connectivity index (χ4v) is 3.88. The Morgan fingerprint density at radius 1 is 1.32 bits per heavy atom. The van der Waals surface area contributed by atoms with E-state index in [0.717, 1.165) is 0 Å². The predicted molar refractivity (Wildman–Crippen MR) is 77.9 cm³/mol. The SMILES string of the molecule is CC(C)NS(=O)(=O)c1c(Cl)cc(C#CCN)cc1Cl. The molecule has 1 rings (SSSR count). The highest BCUT2D eigenvalue weighted by atomic mass is 35.5. The highest BCUT2D eigenvalue weighted by Gasteiger charge is 2.23. The molecule has 0 atom stereocenters. The van der Waals surface area contributed by atoms with Gasteiger partial charge in [0.2, 0.25) is 10.0 Å². The molecule has 104 valence electrons.